The molecular weight excluding hydrogens is 156 g/mol. The van der Waals surface area contributed by atoms with Crippen molar-refractivity contribution in [1.29, 1.82) is 0 Å². The highest BCUT2D eigenvalue weighted by atomic mass is 35.5. The van der Waals surface area contributed by atoms with Gasteiger partial charge in [-0.25, -0.2) is 9.78 Å². The lowest BCUT2D eigenvalue weighted by molar-refractivity contribution is 0.0690. The van der Waals surface area contributed by atoms with Gasteiger partial charge in [-0.1, -0.05) is 0 Å². The first kappa shape index (κ1) is 8.84. The lowest BCUT2D eigenvalue weighted by Crippen LogP contribution is -1.99. The van der Waals surface area contributed by atoms with Crippen LogP contribution in [-0.2, 0) is 0 Å². The molecule has 1 heterocycles. The van der Waals surface area contributed by atoms with Crippen LogP contribution >= 0.6 is 12.4 Å². The smallest absolute Gasteiger partial charge is 0.356 e. The van der Waals surface area contributed by atoms with E-state index in [0.717, 1.165) is 0 Å². The Hall–Kier alpha value is -1.16. The van der Waals surface area contributed by atoms with Gasteiger partial charge in [0.15, 0.2) is 5.69 Å². The number of rotatable bonds is 1. The monoisotopic (exact) mass is 160 g/mol. The minimum Gasteiger partial charge on any atom is -0.476 e. The molecule has 54 valence electrons. The van der Waals surface area contributed by atoms with Crippen LogP contribution in [0.4, 0.5) is 0 Å². The highest BCUT2D eigenvalue weighted by molar-refractivity contribution is 5.85. The second kappa shape index (κ2) is 3.79. The Labute approximate surface area is 63.3 Å². The molecule has 0 amide bonds. The molecule has 1 rings (SSSR count). The fraction of sp³-hybridized carbons (Fsp3) is 0. The van der Waals surface area contributed by atoms with Crippen molar-refractivity contribution in [1.82, 2.24) is 9.97 Å². The van der Waals surface area contributed by atoms with E-state index in [9.17, 15) is 4.79 Å². The van der Waals surface area contributed by atoms with Gasteiger partial charge in [0.2, 0.25) is 0 Å². The summed E-state index contributed by atoms with van der Waals surface area (Å²) < 4.78 is 0. The largest absolute Gasteiger partial charge is 0.476 e. The fourth-order valence-electron chi connectivity index (χ4n) is 0.410. The van der Waals surface area contributed by atoms with Crippen molar-refractivity contribution < 1.29 is 9.90 Å². The van der Waals surface area contributed by atoms with Crippen LogP contribution in [0, 0.1) is 0 Å². The standard InChI is InChI=1S/C5H4N2O2.ClH/c8-5(9)4-3-6-1-2-7-4;/h1-3H,(H,8,9);1H. The molecule has 0 radical (unpaired) electrons. The number of nitrogens with zero attached hydrogens (tertiary/aromatic N) is 2. The molecule has 0 saturated heterocycles. The summed E-state index contributed by atoms with van der Waals surface area (Å²) in [4.78, 5) is 17.2. The normalized spacial score (nSPS) is 8.00. The third-order valence-electron chi connectivity index (χ3n) is 0.782. The van der Waals surface area contributed by atoms with E-state index in [2.05, 4.69) is 9.97 Å². The van der Waals surface area contributed by atoms with Gasteiger partial charge >= 0.3 is 5.97 Å². The maximum atomic E-state index is 10.1. The van der Waals surface area contributed by atoms with Crippen LogP contribution in [0.2, 0.25) is 0 Å². The van der Waals surface area contributed by atoms with Crippen LogP contribution in [0.15, 0.2) is 18.6 Å². The van der Waals surface area contributed by atoms with Crippen LogP contribution in [0.1, 0.15) is 10.5 Å². The Bertz CT molecular complexity index is 214. The summed E-state index contributed by atoms with van der Waals surface area (Å²) in [5.74, 6) is -1.05. The van der Waals surface area contributed by atoms with E-state index in [-0.39, 0.29) is 18.1 Å². The van der Waals surface area contributed by atoms with Crippen LogP contribution in [-0.4, -0.2) is 21.0 Å². The molecule has 0 aromatic carbocycles. The number of carbonyl (C=O) groups is 1. The van der Waals surface area contributed by atoms with E-state index in [0.29, 0.717) is 0 Å². The fourth-order valence-corrected chi connectivity index (χ4v) is 0.410. The Kier molecular flexibility index (Phi) is 3.35. The van der Waals surface area contributed by atoms with Gasteiger partial charge in [0.1, 0.15) is 0 Å². The number of aromatic carboxylic acids is 1. The van der Waals surface area contributed by atoms with Gasteiger partial charge < -0.3 is 5.11 Å². The molecule has 1 aromatic rings. The lowest BCUT2D eigenvalue weighted by atomic mass is 10.5. The molecule has 0 spiro atoms. The summed E-state index contributed by atoms with van der Waals surface area (Å²) in [6, 6.07) is 0. The van der Waals surface area contributed by atoms with Gasteiger partial charge in [0, 0.05) is 12.4 Å². The molecule has 0 bridgehead atoms. The molecule has 0 atom stereocenters. The topological polar surface area (TPSA) is 63.1 Å². The Morgan fingerprint density at radius 2 is 2.20 bits per heavy atom. The summed E-state index contributed by atoms with van der Waals surface area (Å²) in [5.41, 5.74) is -0.0301. The predicted octanol–water partition coefficient (Wildman–Crippen LogP) is 0.597. The van der Waals surface area contributed by atoms with Crippen LogP contribution < -0.4 is 0 Å². The second-order valence-corrected chi connectivity index (χ2v) is 1.40. The minimum atomic E-state index is -1.05. The zero-order chi connectivity index (χ0) is 6.69. The van der Waals surface area contributed by atoms with E-state index >= 15 is 0 Å². The summed E-state index contributed by atoms with van der Waals surface area (Å²) >= 11 is 0. The molecule has 1 N–H and O–H groups in total. The molecule has 1 aromatic heterocycles. The molecule has 4 nitrogen and oxygen atoms in total. The number of carboxylic acid groups (broad SMARTS) is 1. The van der Waals surface area contributed by atoms with Gasteiger partial charge in [-0.15, -0.1) is 12.4 Å². The number of carboxylic acids is 1. The van der Waals surface area contributed by atoms with Crippen molar-refractivity contribution in [3.63, 3.8) is 0 Å². The highest BCUT2D eigenvalue weighted by Crippen LogP contribution is 1.86. The van der Waals surface area contributed by atoms with Crippen molar-refractivity contribution in [2.75, 3.05) is 0 Å². The maximum Gasteiger partial charge on any atom is 0.356 e. The molecule has 0 saturated carbocycles. The molecule has 0 unspecified atom stereocenters. The molecule has 0 aliphatic rings. The van der Waals surface area contributed by atoms with E-state index < -0.39 is 5.97 Å². The first-order valence-electron chi connectivity index (χ1n) is 2.30. The Balaban J connectivity index is 0.000000810. The van der Waals surface area contributed by atoms with E-state index in [1.807, 2.05) is 0 Å². The number of hydrogen-bond donors (Lipinski definition) is 1. The summed E-state index contributed by atoms with van der Waals surface area (Å²) in [7, 11) is 0. The van der Waals surface area contributed by atoms with Gasteiger partial charge in [0.05, 0.1) is 6.20 Å². The van der Waals surface area contributed by atoms with Gasteiger partial charge in [-0.2, -0.15) is 0 Å². The summed E-state index contributed by atoms with van der Waals surface area (Å²) in [5, 5.41) is 8.28. The Morgan fingerprint density at radius 1 is 1.50 bits per heavy atom. The molecule has 10 heavy (non-hydrogen) atoms. The van der Waals surface area contributed by atoms with E-state index in [4.69, 9.17) is 5.11 Å². The number of aromatic nitrogens is 2. The predicted molar refractivity (Wildman–Crippen MR) is 36.2 cm³/mol. The summed E-state index contributed by atoms with van der Waals surface area (Å²) in [6.45, 7) is 0. The second-order valence-electron chi connectivity index (χ2n) is 1.40. The van der Waals surface area contributed by atoms with Gasteiger partial charge in [-0.3, -0.25) is 4.98 Å². The van der Waals surface area contributed by atoms with Crippen LogP contribution in [0.3, 0.4) is 0 Å². The molecule has 0 aliphatic carbocycles. The van der Waals surface area contributed by atoms with E-state index in [1.165, 1.54) is 18.6 Å². The SMILES string of the molecule is Cl.O=C(O)c1cnccn1. The third-order valence-corrected chi connectivity index (χ3v) is 0.782. The van der Waals surface area contributed by atoms with Gasteiger partial charge in [-0.05, 0) is 0 Å². The average Bonchev–Trinajstić information content (AvgIpc) is 1.90. The average molecular weight is 161 g/mol. The van der Waals surface area contributed by atoms with Crippen molar-refractivity contribution in [3.05, 3.63) is 24.3 Å². The molecular formula is C5H5ClN2O2. The number of halogens is 1. The highest BCUT2D eigenvalue weighted by Gasteiger charge is 2.00. The quantitative estimate of drug-likeness (QED) is 0.654. The maximum absolute atomic E-state index is 10.1. The molecule has 5 heteroatoms. The van der Waals surface area contributed by atoms with Crippen LogP contribution in [0.5, 0.6) is 0 Å². The third kappa shape index (κ3) is 1.99. The Morgan fingerprint density at radius 3 is 2.50 bits per heavy atom. The zero-order valence-corrected chi connectivity index (χ0v) is 5.71. The van der Waals surface area contributed by atoms with Crippen molar-refractivity contribution in [2.24, 2.45) is 0 Å². The molecule has 0 fully saturated rings. The first-order chi connectivity index (χ1) is 4.30. The number of hydrogen-bond acceptors (Lipinski definition) is 3. The van der Waals surface area contributed by atoms with Gasteiger partial charge in [0.25, 0.3) is 0 Å². The van der Waals surface area contributed by atoms with Crippen molar-refractivity contribution in [2.45, 2.75) is 0 Å². The molecule has 0 aliphatic heterocycles. The van der Waals surface area contributed by atoms with Crippen molar-refractivity contribution in [3.8, 4) is 0 Å². The first-order valence-corrected chi connectivity index (χ1v) is 2.30. The summed E-state index contributed by atoms with van der Waals surface area (Å²) in [6.07, 6.45) is 3.96. The van der Waals surface area contributed by atoms with Crippen molar-refractivity contribution >= 4 is 18.4 Å². The lowest BCUT2D eigenvalue weighted by Gasteiger charge is -1.86. The zero-order valence-electron chi connectivity index (χ0n) is 4.89. The minimum absolute atomic E-state index is 0. The van der Waals surface area contributed by atoms with E-state index in [1.54, 1.807) is 0 Å². The van der Waals surface area contributed by atoms with Crippen LogP contribution in [0.25, 0.3) is 0 Å².